The van der Waals surface area contributed by atoms with E-state index in [2.05, 4.69) is 38.8 Å². The molecule has 1 aliphatic heterocycles. The van der Waals surface area contributed by atoms with Crippen LogP contribution >= 0.6 is 12.2 Å². The standard InChI is InChI=1S/C15H20N4S/c1-18-9-7-12(8-10-18)11-19-14(16-17-15(19)20)13-5-3-2-4-6-13/h2-6,12H,7-11H2,1H3,(H,17,20). The summed E-state index contributed by atoms with van der Waals surface area (Å²) in [5, 5.41) is 7.34. The molecule has 0 radical (unpaired) electrons. The van der Waals surface area contributed by atoms with Gasteiger partial charge < -0.3 is 4.90 Å². The summed E-state index contributed by atoms with van der Waals surface area (Å²) in [7, 11) is 2.19. The van der Waals surface area contributed by atoms with E-state index in [1.54, 1.807) is 0 Å². The summed E-state index contributed by atoms with van der Waals surface area (Å²) >= 11 is 5.40. The van der Waals surface area contributed by atoms with Gasteiger partial charge in [-0.25, -0.2) is 0 Å². The molecule has 1 fully saturated rings. The number of aromatic nitrogens is 3. The van der Waals surface area contributed by atoms with Crippen LogP contribution in [0.5, 0.6) is 0 Å². The zero-order chi connectivity index (χ0) is 13.9. The molecule has 4 nitrogen and oxygen atoms in total. The monoisotopic (exact) mass is 288 g/mol. The summed E-state index contributed by atoms with van der Waals surface area (Å²) in [5.74, 6) is 1.65. The molecule has 3 rings (SSSR count). The highest BCUT2D eigenvalue weighted by atomic mass is 32.1. The first-order valence-electron chi connectivity index (χ1n) is 7.13. The average molecular weight is 288 g/mol. The average Bonchev–Trinajstić information content (AvgIpc) is 2.84. The first-order valence-corrected chi connectivity index (χ1v) is 7.54. The summed E-state index contributed by atoms with van der Waals surface area (Å²) in [6.07, 6.45) is 2.47. The summed E-state index contributed by atoms with van der Waals surface area (Å²) < 4.78 is 2.88. The van der Waals surface area contributed by atoms with Crippen LogP contribution in [-0.2, 0) is 6.54 Å². The molecule has 20 heavy (non-hydrogen) atoms. The Bertz CT molecular complexity index is 608. The smallest absolute Gasteiger partial charge is 0.195 e. The van der Waals surface area contributed by atoms with Gasteiger partial charge in [0.25, 0.3) is 0 Å². The van der Waals surface area contributed by atoms with Gasteiger partial charge >= 0.3 is 0 Å². The van der Waals surface area contributed by atoms with Crippen LogP contribution < -0.4 is 0 Å². The molecule has 0 bridgehead atoms. The molecule has 0 unspecified atom stereocenters. The summed E-state index contributed by atoms with van der Waals surface area (Å²) in [4.78, 5) is 2.39. The van der Waals surface area contributed by atoms with Crippen LogP contribution in [0, 0.1) is 10.7 Å². The van der Waals surface area contributed by atoms with Crippen LogP contribution in [0.15, 0.2) is 30.3 Å². The second-order valence-electron chi connectivity index (χ2n) is 5.58. The molecule has 5 heteroatoms. The van der Waals surface area contributed by atoms with Crippen LogP contribution in [-0.4, -0.2) is 39.8 Å². The SMILES string of the molecule is CN1CCC(Cn2c(-c3ccccc3)n[nH]c2=S)CC1. The molecule has 1 saturated heterocycles. The molecule has 1 aromatic carbocycles. The third kappa shape index (κ3) is 2.83. The number of H-pyrrole nitrogens is 1. The highest BCUT2D eigenvalue weighted by Gasteiger charge is 2.19. The fourth-order valence-corrected chi connectivity index (χ4v) is 3.00. The number of hydrogen-bond donors (Lipinski definition) is 1. The molecule has 1 aliphatic rings. The van der Waals surface area contributed by atoms with Crippen LogP contribution in [0.4, 0.5) is 0 Å². The summed E-state index contributed by atoms with van der Waals surface area (Å²) in [5.41, 5.74) is 1.12. The predicted molar refractivity (Wildman–Crippen MR) is 83.1 cm³/mol. The lowest BCUT2D eigenvalue weighted by atomic mass is 9.97. The van der Waals surface area contributed by atoms with Crippen LogP contribution in [0.3, 0.4) is 0 Å². The van der Waals surface area contributed by atoms with E-state index < -0.39 is 0 Å². The minimum Gasteiger partial charge on any atom is -0.306 e. The largest absolute Gasteiger partial charge is 0.306 e. The molecule has 1 N–H and O–H groups in total. The van der Waals surface area contributed by atoms with E-state index in [1.165, 1.54) is 25.9 Å². The Kier molecular flexibility index (Phi) is 3.98. The fourth-order valence-electron chi connectivity index (χ4n) is 2.80. The van der Waals surface area contributed by atoms with Crippen molar-refractivity contribution < 1.29 is 0 Å². The van der Waals surface area contributed by atoms with E-state index in [9.17, 15) is 0 Å². The van der Waals surface area contributed by atoms with Crippen molar-refractivity contribution in [3.05, 3.63) is 35.1 Å². The molecule has 0 amide bonds. The topological polar surface area (TPSA) is 36.9 Å². The van der Waals surface area contributed by atoms with Gasteiger partial charge in [0.15, 0.2) is 10.6 Å². The van der Waals surface area contributed by atoms with Crippen LogP contribution in [0.25, 0.3) is 11.4 Å². The van der Waals surface area contributed by atoms with Gasteiger partial charge in [-0.3, -0.25) is 9.67 Å². The van der Waals surface area contributed by atoms with Gasteiger partial charge in [0.1, 0.15) is 0 Å². The van der Waals surface area contributed by atoms with Gasteiger partial charge in [-0.05, 0) is 51.1 Å². The molecular weight excluding hydrogens is 268 g/mol. The molecule has 0 atom stereocenters. The molecule has 2 aromatic rings. The third-order valence-electron chi connectivity index (χ3n) is 4.07. The van der Waals surface area contributed by atoms with Crippen molar-refractivity contribution in [2.75, 3.05) is 20.1 Å². The van der Waals surface area contributed by atoms with Crippen LogP contribution in [0.1, 0.15) is 12.8 Å². The van der Waals surface area contributed by atoms with Gasteiger partial charge in [0.2, 0.25) is 0 Å². The Morgan fingerprint density at radius 2 is 1.95 bits per heavy atom. The van der Waals surface area contributed by atoms with Gasteiger partial charge in [-0.2, -0.15) is 5.10 Å². The highest BCUT2D eigenvalue weighted by molar-refractivity contribution is 7.71. The number of nitrogens with zero attached hydrogens (tertiary/aromatic N) is 3. The van der Waals surface area contributed by atoms with Crippen molar-refractivity contribution in [2.24, 2.45) is 5.92 Å². The first kappa shape index (κ1) is 13.5. The quantitative estimate of drug-likeness (QED) is 0.882. The van der Waals surface area contributed by atoms with Crippen molar-refractivity contribution in [1.82, 2.24) is 19.7 Å². The minimum absolute atomic E-state index is 0.693. The third-order valence-corrected chi connectivity index (χ3v) is 4.38. The van der Waals surface area contributed by atoms with E-state index in [4.69, 9.17) is 12.2 Å². The van der Waals surface area contributed by atoms with Crippen molar-refractivity contribution in [3.63, 3.8) is 0 Å². The second-order valence-corrected chi connectivity index (χ2v) is 5.96. The lowest BCUT2D eigenvalue weighted by molar-refractivity contribution is 0.205. The summed E-state index contributed by atoms with van der Waals surface area (Å²) in [6.45, 7) is 3.32. The van der Waals surface area contributed by atoms with E-state index in [-0.39, 0.29) is 0 Å². The maximum atomic E-state index is 5.40. The number of aromatic amines is 1. The molecule has 2 heterocycles. The predicted octanol–water partition coefficient (Wildman–Crippen LogP) is 2.95. The molecule has 0 spiro atoms. The number of hydrogen-bond acceptors (Lipinski definition) is 3. The molecule has 0 saturated carbocycles. The zero-order valence-corrected chi connectivity index (χ0v) is 12.6. The van der Waals surface area contributed by atoms with E-state index >= 15 is 0 Å². The number of piperidine rings is 1. The molecule has 0 aliphatic carbocycles. The highest BCUT2D eigenvalue weighted by Crippen LogP contribution is 2.22. The number of nitrogens with one attached hydrogen (secondary N) is 1. The van der Waals surface area contributed by atoms with Crippen molar-refractivity contribution in [1.29, 1.82) is 0 Å². The minimum atomic E-state index is 0.693. The van der Waals surface area contributed by atoms with Crippen molar-refractivity contribution in [3.8, 4) is 11.4 Å². The van der Waals surface area contributed by atoms with E-state index in [1.807, 2.05) is 18.2 Å². The first-order chi connectivity index (χ1) is 9.74. The second kappa shape index (κ2) is 5.89. The van der Waals surface area contributed by atoms with Gasteiger partial charge in [-0.15, -0.1) is 0 Å². The van der Waals surface area contributed by atoms with E-state index in [0.717, 1.165) is 22.7 Å². The maximum Gasteiger partial charge on any atom is 0.195 e. The number of rotatable bonds is 3. The lowest BCUT2D eigenvalue weighted by Gasteiger charge is -2.29. The number of benzene rings is 1. The van der Waals surface area contributed by atoms with Crippen molar-refractivity contribution >= 4 is 12.2 Å². The van der Waals surface area contributed by atoms with Gasteiger partial charge in [0.05, 0.1) is 0 Å². The van der Waals surface area contributed by atoms with Gasteiger partial charge in [-0.1, -0.05) is 30.3 Å². The molecule has 106 valence electrons. The Morgan fingerprint density at radius 3 is 2.65 bits per heavy atom. The summed E-state index contributed by atoms with van der Waals surface area (Å²) in [6, 6.07) is 10.2. The van der Waals surface area contributed by atoms with Gasteiger partial charge in [0, 0.05) is 12.1 Å². The Balaban J connectivity index is 1.83. The Morgan fingerprint density at radius 1 is 1.25 bits per heavy atom. The zero-order valence-electron chi connectivity index (χ0n) is 11.7. The van der Waals surface area contributed by atoms with E-state index in [0.29, 0.717) is 5.92 Å². The normalized spacial score (nSPS) is 17.4. The van der Waals surface area contributed by atoms with Crippen LogP contribution in [0.2, 0.25) is 0 Å². The Hall–Kier alpha value is -1.46. The molecule has 1 aromatic heterocycles. The number of likely N-dealkylation sites (tertiary alicyclic amines) is 1. The van der Waals surface area contributed by atoms with Crippen molar-refractivity contribution in [2.45, 2.75) is 19.4 Å². The maximum absolute atomic E-state index is 5.40. The lowest BCUT2D eigenvalue weighted by Crippen LogP contribution is -2.32. The Labute approximate surface area is 124 Å². The molecular formula is C15H20N4S. The fraction of sp³-hybridized carbons (Fsp3) is 0.467.